The highest BCUT2D eigenvalue weighted by Gasteiger charge is 2.45. The molecule has 2 aromatic rings. The zero-order valence-electron chi connectivity index (χ0n) is 13.2. The largest absolute Gasteiger partial charge is 0.350 e. The van der Waals surface area contributed by atoms with Gasteiger partial charge in [0, 0.05) is 25.2 Å². The van der Waals surface area contributed by atoms with Crippen molar-refractivity contribution in [2.24, 2.45) is 0 Å². The van der Waals surface area contributed by atoms with Gasteiger partial charge >= 0.3 is 0 Å². The van der Waals surface area contributed by atoms with E-state index in [1.807, 2.05) is 18.2 Å². The molecule has 1 aromatic heterocycles. The molecule has 3 nitrogen and oxygen atoms in total. The number of carbonyl (C=O) groups is 1. The standard InChI is InChI=1S/C19H22N2OS/c22-18-17(16-4-2-1-3-5-16)12-19(20-18)7-9-21(10-8-19)13-15-6-11-23-14-15/h1-6,11,14,17H,7-10,12-13H2,(H,20,22). The van der Waals surface area contributed by atoms with Gasteiger partial charge < -0.3 is 5.32 Å². The summed E-state index contributed by atoms with van der Waals surface area (Å²) in [4.78, 5) is 15.0. The number of hydrogen-bond donors (Lipinski definition) is 1. The molecule has 23 heavy (non-hydrogen) atoms. The zero-order chi connectivity index (χ0) is 15.7. The average molecular weight is 326 g/mol. The third-order valence-corrected chi connectivity index (χ3v) is 6.03. The van der Waals surface area contributed by atoms with Crippen molar-refractivity contribution in [2.45, 2.75) is 37.3 Å². The van der Waals surface area contributed by atoms with Crippen molar-refractivity contribution in [3.63, 3.8) is 0 Å². The zero-order valence-corrected chi connectivity index (χ0v) is 14.0. The maximum Gasteiger partial charge on any atom is 0.228 e. The molecular weight excluding hydrogens is 304 g/mol. The summed E-state index contributed by atoms with van der Waals surface area (Å²) >= 11 is 1.76. The Bertz CT molecular complexity index is 660. The van der Waals surface area contributed by atoms with Gasteiger partial charge in [-0.3, -0.25) is 9.69 Å². The Morgan fingerprint density at radius 2 is 1.96 bits per heavy atom. The van der Waals surface area contributed by atoms with Gasteiger partial charge in [-0.1, -0.05) is 30.3 Å². The molecule has 3 heterocycles. The van der Waals surface area contributed by atoms with Crippen LogP contribution in [0.15, 0.2) is 47.2 Å². The SMILES string of the molecule is O=C1NC2(CCN(Cc3ccsc3)CC2)CC1c1ccccc1. The van der Waals surface area contributed by atoms with Crippen LogP contribution in [0.5, 0.6) is 0 Å². The maximum absolute atomic E-state index is 12.5. The lowest BCUT2D eigenvalue weighted by Crippen LogP contribution is -2.50. The summed E-state index contributed by atoms with van der Waals surface area (Å²) in [6, 6.07) is 12.4. The third-order valence-electron chi connectivity index (χ3n) is 5.30. The van der Waals surface area contributed by atoms with Crippen LogP contribution in [0.3, 0.4) is 0 Å². The fraction of sp³-hybridized carbons (Fsp3) is 0.421. The number of hydrogen-bond acceptors (Lipinski definition) is 3. The third kappa shape index (κ3) is 3.06. The van der Waals surface area contributed by atoms with E-state index < -0.39 is 0 Å². The smallest absolute Gasteiger partial charge is 0.228 e. The Morgan fingerprint density at radius 3 is 2.65 bits per heavy atom. The van der Waals surface area contributed by atoms with E-state index in [1.54, 1.807) is 11.3 Å². The number of likely N-dealkylation sites (tertiary alicyclic amines) is 1. The van der Waals surface area contributed by atoms with Crippen LogP contribution in [0.1, 0.15) is 36.3 Å². The minimum atomic E-state index is 0.0166. The van der Waals surface area contributed by atoms with Crippen molar-refractivity contribution < 1.29 is 4.79 Å². The Balaban J connectivity index is 1.40. The summed E-state index contributed by atoms with van der Waals surface area (Å²) in [6.45, 7) is 3.17. The summed E-state index contributed by atoms with van der Waals surface area (Å²) in [7, 11) is 0. The molecule has 0 aliphatic carbocycles. The number of nitrogens with one attached hydrogen (secondary N) is 1. The number of nitrogens with zero attached hydrogens (tertiary/aromatic N) is 1. The lowest BCUT2D eigenvalue weighted by Gasteiger charge is -2.39. The van der Waals surface area contributed by atoms with Gasteiger partial charge in [0.25, 0.3) is 0 Å². The predicted octanol–water partition coefficient (Wildman–Crippen LogP) is 3.39. The van der Waals surface area contributed by atoms with Crippen LogP contribution < -0.4 is 5.32 Å². The van der Waals surface area contributed by atoms with Gasteiger partial charge in [-0.05, 0) is 47.2 Å². The highest BCUT2D eigenvalue weighted by Crippen LogP contribution is 2.39. The number of carbonyl (C=O) groups excluding carboxylic acids is 1. The topological polar surface area (TPSA) is 32.3 Å². The van der Waals surface area contributed by atoms with Crippen LogP contribution >= 0.6 is 11.3 Å². The van der Waals surface area contributed by atoms with Gasteiger partial charge in [0.2, 0.25) is 5.91 Å². The molecule has 4 rings (SSSR count). The first kappa shape index (κ1) is 14.9. The summed E-state index contributed by atoms with van der Waals surface area (Å²) in [6.07, 6.45) is 3.07. The lowest BCUT2D eigenvalue weighted by molar-refractivity contribution is -0.121. The molecule has 1 unspecified atom stereocenters. The molecule has 1 aromatic carbocycles. The summed E-state index contributed by atoms with van der Waals surface area (Å²) < 4.78 is 0. The monoisotopic (exact) mass is 326 g/mol. The van der Waals surface area contributed by atoms with E-state index in [9.17, 15) is 4.79 Å². The second kappa shape index (κ2) is 6.10. The normalized spacial score (nSPS) is 24.0. The van der Waals surface area contributed by atoms with E-state index >= 15 is 0 Å². The van der Waals surface area contributed by atoms with Crippen LogP contribution in [0.2, 0.25) is 0 Å². The second-order valence-electron chi connectivity index (χ2n) is 6.84. The Kier molecular flexibility index (Phi) is 3.95. The molecule has 0 bridgehead atoms. The maximum atomic E-state index is 12.5. The Morgan fingerprint density at radius 1 is 1.17 bits per heavy atom. The molecule has 1 atom stereocenters. The van der Waals surface area contributed by atoms with Gasteiger partial charge in [-0.25, -0.2) is 0 Å². The van der Waals surface area contributed by atoms with Crippen LogP contribution in [-0.4, -0.2) is 29.4 Å². The quantitative estimate of drug-likeness (QED) is 0.938. The molecule has 2 aliphatic rings. The van der Waals surface area contributed by atoms with Crippen LogP contribution in [0.4, 0.5) is 0 Å². The molecule has 0 saturated carbocycles. The van der Waals surface area contributed by atoms with E-state index in [1.165, 1.54) is 5.56 Å². The molecule has 2 fully saturated rings. The van der Waals surface area contributed by atoms with Gasteiger partial charge in [0.15, 0.2) is 0 Å². The number of piperidine rings is 1. The highest BCUT2D eigenvalue weighted by molar-refractivity contribution is 7.07. The van der Waals surface area contributed by atoms with Crippen molar-refractivity contribution in [1.29, 1.82) is 0 Å². The Hall–Kier alpha value is -1.65. The lowest BCUT2D eigenvalue weighted by atomic mass is 9.82. The molecule has 2 aliphatic heterocycles. The van der Waals surface area contributed by atoms with E-state index in [4.69, 9.17) is 0 Å². The van der Waals surface area contributed by atoms with E-state index in [-0.39, 0.29) is 17.4 Å². The predicted molar refractivity (Wildman–Crippen MR) is 93.5 cm³/mol. The molecule has 0 radical (unpaired) electrons. The fourth-order valence-corrected chi connectivity index (χ4v) is 4.61. The Labute approximate surface area is 141 Å². The number of amides is 1. The molecule has 1 amide bonds. The van der Waals surface area contributed by atoms with E-state index in [0.717, 1.165) is 44.5 Å². The van der Waals surface area contributed by atoms with Crippen LogP contribution in [-0.2, 0) is 11.3 Å². The van der Waals surface area contributed by atoms with Gasteiger partial charge in [0.05, 0.1) is 5.92 Å². The first-order valence-electron chi connectivity index (χ1n) is 8.35. The summed E-state index contributed by atoms with van der Waals surface area (Å²) in [5, 5.41) is 7.70. The second-order valence-corrected chi connectivity index (χ2v) is 7.62. The van der Waals surface area contributed by atoms with Crippen molar-refractivity contribution in [2.75, 3.05) is 13.1 Å². The average Bonchev–Trinajstić information content (AvgIpc) is 3.19. The van der Waals surface area contributed by atoms with Gasteiger partial charge in [-0.2, -0.15) is 11.3 Å². The molecule has 4 heteroatoms. The van der Waals surface area contributed by atoms with Crippen molar-refractivity contribution in [1.82, 2.24) is 10.2 Å². The minimum Gasteiger partial charge on any atom is -0.350 e. The van der Waals surface area contributed by atoms with Crippen LogP contribution in [0, 0.1) is 0 Å². The van der Waals surface area contributed by atoms with E-state index in [2.05, 4.69) is 39.2 Å². The number of thiophene rings is 1. The van der Waals surface area contributed by atoms with Crippen molar-refractivity contribution in [3.05, 3.63) is 58.3 Å². The molecule has 120 valence electrons. The first-order valence-corrected chi connectivity index (χ1v) is 9.29. The highest BCUT2D eigenvalue weighted by atomic mass is 32.1. The van der Waals surface area contributed by atoms with Gasteiger partial charge in [-0.15, -0.1) is 0 Å². The number of benzene rings is 1. The molecule has 1 N–H and O–H groups in total. The molecule has 2 saturated heterocycles. The van der Waals surface area contributed by atoms with Crippen molar-refractivity contribution in [3.8, 4) is 0 Å². The van der Waals surface area contributed by atoms with E-state index in [0.29, 0.717) is 0 Å². The van der Waals surface area contributed by atoms with Gasteiger partial charge in [0.1, 0.15) is 0 Å². The first-order chi connectivity index (χ1) is 11.2. The molecule has 1 spiro atoms. The van der Waals surface area contributed by atoms with Crippen LogP contribution in [0.25, 0.3) is 0 Å². The minimum absolute atomic E-state index is 0.0166. The summed E-state index contributed by atoms with van der Waals surface area (Å²) in [5.74, 6) is 0.238. The number of rotatable bonds is 3. The molecular formula is C19H22N2OS. The fourth-order valence-electron chi connectivity index (χ4n) is 3.95. The van der Waals surface area contributed by atoms with Crippen molar-refractivity contribution >= 4 is 17.2 Å². The summed E-state index contributed by atoms with van der Waals surface area (Å²) in [5.41, 5.74) is 2.58.